The Kier molecular flexibility index (Phi) is 8.30. The minimum absolute atomic E-state index is 0.118. The van der Waals surface area contributed by atoms with Gasteiger partial charge in [-0.05, 0) is 48.9 Å². The molecule has 2 amide bonds. The number of hydrogen-bond acceptors (Lipinski definition) is 6. The number of nitrogens with zero attached hydrogens (tertiary/aromatic N) is 4. The Labute approximate surface area is 235 Å². The summed E-state index contributed by atoms with van der Waals surface area (Å²) in [6, 6.07) is 15.7. The van der Waals surface area contributed by atoms with Crippen molar-refractivity contribution in [2.45, 2.75) is 45.7 Å². The monoisotopic (exact) mass is 542 g/mol. The van der Waals surface area contributed by atoms with Gasteiger partial charge in [-0.15, -0.1) is 0 Å². The third kappa shape index (κ3) is 6.42. The molecule has 9 heteroatoms. The van der Waals surface area contributed by atoms with Crippen LogP contribution in [0, 0.1) is 12.8 Å². The van der Waals surface area contributed by atoms with Crippen LogP contribution < -0.4 is 16.2 Å². The molecule has 2 atom stereocenters. The molecule has 0 bridgehead atoms. The highest BCUT2D eigenvalue weighted by molar-refractivity contribution is 5.95. The van der Waals surface area contributed by atoms with Crippen molar-refractivity contribution >= 4 is 17.6 Å². The van der Waals surface area contributed by atoms with Crippen molar-refractivity contribution in [1.82, 2.24) is 24.7 Å². The molecule has 9 nitrogen and oxygen atoms in total. The molecular weight excluding hydrogens is 504 g/mol. The molecule has 0 unspecified atom stereocenters. The van der Waals surface area contributed by atoms with Crippen molar-refractivity contribution in [2.24, 2.45) is 5.92 Å². The number of aromatic nitrogens is 2. The van der Waals surface area contributed by atoms with Gasteiger partial charge in [-0.3, -0.25) is 23.9 Å². The van der Waals surface area contributed by atoms with Gasteiger partial charge in [0.1, 0.15) is 0 Å². The Morgan fingerprint density at radius 2 is 1.77 bits per heavy atom. The Morgan fingerprint density at radius 1 is 1.05 bits per heavy atom. The van der Waals surface area contributed by atoms with Gasteiger partial charge in [-0.25, -0.2) is 4.98 Å². The molecule has 1 saturated heterocycles. The third-order valence-corrected chi connectivity index (χ3v) is 7.87. The van der Waals surface area contributed by atoms with Crippen molar-refractivity contribution in [3.8, 4) is 5.69 Å². The molecule has 210 valence electrons. The van der Waals surface area contributed by atoms with E-state index in [1.165, 1.54) is 0 Å². The van der Waals surface area contributed by atoms with Crippen molar-refractivity contribution < 1.29 is 9.59 Å². The van der Waals surface area contributed by atoms with E-state index in [9.17, 15) is 14.4 Å². The van der Waals surface area contributed by atoms with Gasteiger partial charge >= 0.3 is 0 Å². The van der Waals surface area contributed by atoms with Gasteiger partial charge in [0, 0.05) is 63.6 Å². The lowest BCUT2D eigenvalue weighted by molar-refractivity contribution is -0.130. The first-order valence-corrected chi connectivity index (χ1v) is 14.1. The second kappa shape index (κ2) is 12.0. The lowest BCUT2D eigenvalue weighted by Gasteiger charge is -2.37. The van der Waals surface area contributed by atoms with Crippen molar-refractivity contribution in [1.29, 1.82) is 0 Å². The molecule has 2 fully saturated rings. The number of carbonyl (C=O) groups is 2. The zero-order valence-corrected chi connectivity index (χ0v) is 23.5. The van der Waals surface area contributed by atoms with E-state index in [4.69, 9.17) is 0 Å². The van der Waals surface area contributed by atoms with Gasteiger partial charge in [0.05, 0.1) is 11.7 Å². The highest BCUT2D eigenvalue weighted by Crippen LogP contribution is 2.27. The van der Waals surface area contributed by atoms with Gasteiger partial charge in [-0.1, -0.05) is 43.3 Å². The molecule has 1 aromatic heterocycles. The number of anilines is 1. The fourth-order valence-electron chi connectivity index (χ4n) is 5.33. The average Bonchev–Trinajstić information content (AvgIpc) is 3.77. The topological polar surface area (TPSA) is 99.6 Å². The summed E-state index contributed by atoms with van der Waals surface area (Å²) < 4.78 is 1.56. The Hall–Kier alpha value is -3.98. The van der Waals surface area contributed by atoms with Crippen molar-refractivity contribution in [3.05, 3.63) is 88.0 Å². The van der Waals surface area contributed by atoms with E-state index in [2.05, 4.69) is 39.6 Å². The second-order valence-corrected chi connectivity index (χ2v) is 11.0. The van der Waals surface area contributed by atoms with Crippen LogP contribution in [0.15, 0.2) is 65.7 Å². The predicted molar refractivity (Wildman–Crippen MR) is 156 cm³/mol. The van der Waals surface area contributed by atoms with E-state index in [0.29, 0.717) is 11.3 Å². The summed E-state index contributed by atoms with van der Waals surface area (Å²) >= 11 is 0. The zero-order chi connectivity index (χ0) is 28.2. The summed E-state index contributed by atoms with van der Waals surface area (Å²) in [7, 11) is 0. The van der Waals surface area contributed by atoms with Gasteiger partial charge in [0.25, 0.3) is 11.5 Å². The minimum atomic E-state index is -0.270. The third-order valence-electron chi connectivity index (χ3n) is 7.87. The lowest BCUT2D eigenvalue weighted by atomic mass is 9.93. The van der Waals surface area contributed by atoms with Crippen molar-refractivity contribution in [3.63, 3.8) is 0 Å². The summed E-state index contributed by atoms with van der Waals surface area (Å²) in [5.74, 6) is 0.410. The standard InChI is InChI=1S/C31H38N6O3/c1-21-9-10-25(30(39)33-26-11-12-26)19-27(21)37-14-13-32-29(31(37)40)34-28(24-7-5-4-6-8-24)22(2)20-35-15-17-36(18-16-35)23(3)38/h4-10,13-14,19,22,26,28H,11-12,15-18,20H2,1-3H3,(H,32,34)(H,33,39)/t22-,28+/m0/s1. The molecule has 1 saturated carbocycles. The van der Waals surface area contributed by atoms with Crippen LogP contribution >= 0.6 is 0 Å². The predicted octanol–water partition coefficient (Wildman–Crippen LogP) is 3.39. The van der Waals surface area contributed by atoms with E-state index in [1.54, 1.807) is 36.0 Å². The highest BCUT2D eigenvalue weighted by Gasteiger charge is 2.27. The first kappa shape index (κ1) is 27.6. The molecular formula is C31H38N6O3. The fourth-order valence-corrected chi connectivity index (χ4v) is 5.33. The molecule has 0 spiro atoms. The largest absolute Gasteiger partial charge is 0.358 e. The van der Waals surface area contributed by atoms with Crippen LogP contribution in [-0.4, -0.2) is 69.9 Å². The van der Waals surface area contributed by atoms with Crippen LogP contribution in [0.3, 0.4) is 0 Å². The van der Waals surface area contributed by atoms with Gasteiger partial charge in [0.15, 0.2) is 5.82 Å². The number of benzene rings is 2. The molecule has 2 aliphatic rings. The molecule has 2 N–H and O–H groups in total. The van der Waals surface area contributed by atoms with Crippen LogP contribution in [0.1, 0.15) is 54.2 Å². The maximum absolute atomic E-state index is 13.8. The Balaban J connectivity index is 1.39. The fraction of sp³-hybridized carbons (Fsp3) is 0.419. The quantitative estimate of drug-likeness (QED) is 0.430. The Bertz CT molecular complexity index is 1410. The van der Waals surface area contributed by atoms with Gasteiger partial charge < -0.3 is 15.5 Å². The number of piperazine rings is 1. The number of rotatable bonds is 9. The first-order chi connectivity index (χ1) is 19.3. The first-order valence-electron chi connectivity index (χ1n) is 14.1. The van der Waals surface area contributed by atoms with Crippen LogP contribution in [0.4, 0.5) is 5.82 Å². The normalized spacial score (nSPS) is 17.2. The summed E-state index contributed by atoms with van der Waals surface area (Å²) in [5, 5.41) is 6.48. The summed E-state index contributed by atoms with van der Waals surface area (Å²) in [4.78, 5) is 46.9. The summed E-state index contributed by atoms with van der Waals surface area (Å²) in [6.45, 7) is 9.65. The molecule has 2 heterocycles. The maximum atomic E-state index is 13.8. The number of hydrogen-bond donors (Lipinski definition) is 2. The highest BCUT2D eigenvalue weighted by atomic mass is 16.2. The van der Waals surface area contributed by atoms with E-state index in [1.807, 2.05) is 36.1 Å². The number of carbonyl (C=O) groups excluding carboxylic acids is 2. The van der Waals surface area contributed by atoms with Crippen LogP contribution in [0.25, 0.3) is 5.69 Å². The lowest BCUT2D eigenvalue weighted by Crippen LogP contribution is -2.49. The van der Waals surface area contributed by atoms with Crippen molar-refractivity contribution in [2.75, 3.05) is 38.0 Å². The number of aryl methyl sites for hydroxylation is 1. The van der Waals surface area contributed by atoms with Gasteiger partial charge in [-0.2, -0.15) is 0 Å². The van der Waals surface area contributed by atoms with Crippen LogP contribution in [0.5, 0.6) is 0 Å². The minimum Gasteiger partial charge on any atom is -0.358 e. The van der Waals surface area contributed by atoms with Gasteiger partial charge in [0.2, 0.25) is 5.91 Å². The van der Waals surface area contributed by atoms with Crippen LogP contribution in [-0.2, 0) is 4.79 Å². The maximum Gasteiger partial charge on any atom is 0.297 e. The number of amides is 2. The van der Waals surface area contributed by atoms with E-state index in [0.717, 1.165) is 56.7 Å². The molecule has 2 aromatic carbocycles. The summed E-state index contributed by atoms with van der Waals surface area (Å²) in [6.07, 6.45) is 5.29. The smallest absolute Gasteiger partial charge is 0.297 e. The zero-order valence-electron chi connectivity index (χ0n) is 23.5. The number of nitrogens with one attached hydrogen (secondary N) is 2. The average molecular weight is 543 g/mol. The second-order valence-electron chi connectivity index (χ2n) is 11.0. The Morgan fingerprint density at radius 3 is 2.45 bits per heavy atom. The SMILES string of the molecule is CC(=O)N1CCN(C[C@H](C)[C@@H](Nc2nccn(-c3cc(C(=O)NC4CC4)ccc3C)c2=O)c2ccccc2)CC1. The molecule has 1 aliphatic heterocycles. The summed E-state index contributed by atoms with van der Waals surface area (Å²) in [5.41, 5.74) is 2.88. The van der Waals surface area contributed by atoms with E-state index < -0.39 is 0 Å². The molecule has 0 radical (unpaired) electrons. The van der Waals surface area contributed by atoms with Crippen LogP contribution in [0.2, 0.25) is 0 Å². The molecule has 5 rings (SSSR count). The molecule has 3 aromatic rings. The van der Waals surface area contributed by atoms with E-state index in [-0.39, 0.29) is 41.2 Å². The molecule has 40 heavy (non-hydrogen) atoms. The van der Waals surface area contributed by atoms with E-state index >= 15 is 0 Å². The molecule has 1 aliphatic carbocycles.